The van der Waals surface area contributed by atoms with Crippen LogP contribution in [0.25, 0.3) is 20.5 Å². The van der Waals surface area contributed by atoms with E-state index in [4.69, 9.17) is 9.16 Å². The molecule has 0 aliphatic carbocycles. The van der Waals surface area contributed by atoms with Crippen molar-refractivity contribution in [3.63, 3.8) is 0 Å². The van der Waals surface area contributed by atoms with Crippen LogP contribution in [0.1, 0.15) is 55.4 Å². The van der Waals surface area contributed by atoms with E-state index in [1.807, 2.05) is 56.3 Å². The molecule has 3 aromatic rings. The number of hydrogen-bond donors (Lipinski definition) is 0. The summed E-state index contributed by atoms with van der Waals surface area (Å²) in [6.07, 6.45) is 0.0736. The lowest BCUT2D eigenvalue weighted by Gasteiger charge is -2.42. The van der Waals surface area contributed by atoms with Crippen LogP contribution in [0.2, 0.25) is 16.6 Å². The van der Waals surface area contributed by atoms with Crippen molar-refractivity contribution in [3.8, 4) is 21.9 Å². The average molecular weight is 536 g/mol. The highest BCUT2D eigenvalue weighted by atomic mass is 79.9. The third-order valence-electron chi connectivity index (χ3n) is 6.26. The van der Waals surface area contributed by atoms with Crippen LogP contribution in [-0.2, 0) is 0 Å². The zero-order valence-corrected chi connectivity index (χ0v) is 23.8. The van der Waals surface area contributed by atoms with Crippen LogP contribution in [0, 0.1) is 0 Å². The van der Waals surface area contributed by atoms with Gasteiger partial charge in [-0.3, -0.25) is 0 Å². The highest BCUT2D eigenvalue weighted by molar-refractivity contribution is 9.10. The second-order valence-corrected chi connectivity index (χ2v) is 17.2. The highest BCUT2D eigenvalue weighted by Gasteiger charge is 2.47. The minimum absolute atomic E-state index is 0.0736. The van der Waals surface area contributed by atoms with E-state index in [-0.39, 0.29) is 6.10 Å². The molecule has 32 heavy (non-hydrogen) atoms. The number of rotatable bonds is 8. The number of fused-ring (bicyclic) bond motifs is 1. The van der Waals surface area contributed by atoms with E-state index in [2.05, 4.69) is 57.5 Å². The summed E-state index contributed by atoms with van der Waals surface area (Å²) in [5.41, 5.74) is 2.48. The standard InChI is InChI=1S/C26H35BrO3SSi/c1-16(2)29-22-13-14-23-24(15-22)31(28)26(25(23)27)20-9-11-21(12-10-20)30-32(17(3)4,18(5)6)19(7)8/h9-19H,1-8H3. The third kappa shape index (κ3) is 4.65. The molecular weight excluding hydrogens is 500 g/mol. The van der Waals surface area contributed by atoms with E-state index >= 15 is 0 Å². The fourth-order valence-electron chi connectivity index (χ4n) is 4.96. The van der Waals surface area contributed by atoms with Crippen molar-refractivity contribution in [2.24, 2.45) is 0 Å². The molecule has 0 bridgehead atoms. The maximum Gasteiger partial charge on any atom is 0.258 e. The topological polar surface area (TPSA) is 41.5 Å². The number of benzene rings is 2. The first-order valence-electron chi connectivity index (χ1n) is 11.4. The van der Waals surface area contributed by atoms with Crippen molar-refractivity contribution < 1.29 is 13.7 Å². The van der Waals surface area contributed by atoms with Crippen molar-refractivity contribution >= 4 is 45.1 Å². The van der Waals surface area contributed by atoms with E-state index < -0.39 is 19.1 Å². The van der Waals surface area contributed by atoms with Gasteiger partial charge in [-0.05, 0) is 93.5 Å². The van der Waals surface area contributed by atoms with Crippen LogP contribution in [0.3, 0.4) is 0 Å². The number of thiophene rings is 1. The normalized spacial score (nSPS) is 13.1. The molecule has 0 spiro atoms. The molecule has 0 saturated heterocycles. The van der Waals surface area contributed by atoms with Crippen molar-refractivity contribution in [1.29, 1.82) is 0 Å². The van der Waals surface area contributed by atoms with Crippen LogP contribution in [0.15, 0.2) is 46.9 Å². The molecule has 1 unspecified atom stereocenters. The van der Waals surface area contributed by atoms with Crippen molar-refractivity contribution in [1.82, 2.24) is 0 Å². The van der Waals surface area contributed by atoms with E-state index in [1.165, 1.54) is 0 Å². The summed E-state index contributed by atoms with van der Waals surface area (Å²) in [5.74, 6) is 1.65. The Kier molecular flexibility index (Phi) is 7.80. The maximum absolute atomic E-state index is 13.4. The van der Waals surface area contributed by atoms with Gasteiger partial charge in [0.1, 0.15) is 11.5 Å². The Hall–Kier alpha value is -1.34. The van der Waals surface area contributed by atoms with Crippen LogP contribution in [-0.4, -0.2) is 19.0 Å². The molecule has 6 heteroatoms. The molecule has 0 aliphatic rings. The number of ether oxygens (including phenoxy) is 1. The van der Waals surface area contributed by atoms with Gasteiger partial charge in [0.05, 0.1) is 16.0 Å². The Morgan fingerprint density at radius 3 is 1.84 bits per heavy atom. The molecular formula is C26H35BrO3SSi. The van der Waals surface area contributed by atoms with Crippen LogP contribution in [0.5, 0.6) is 11.5 Å². The molecule has 3 rings (SSSR count). The first kappa shape index (κ1) is 25.3. The van der Waals surface area contributed by atoms with E-state index in [9.17, 15) is 4.55 Å². The van der Waals surface area contributed by atoms with Gasteiger partial charge in [0, 0.05) is 11.6 Å². The smallest absolute Gasteiger partial charge is 0.258 e. The Morgan fingerprint density at radius 1 is 0.812 bits per heavy atom. The molecule has 3 nitrogen and oxygen atoms in total. The average Bonchev–Trinajstić information content (AvgIpc) is 2.95. The third-order valence-corrected chi connectivity index (χ3v) is 14.9. The molecule has 1 aromatic heterocycles. The highest BCUT2D eigenvalue weighted by Crippen LogP contribution is 2.49. The molecule has 1 atom stereocenters. The maximum atomic E-state index is 13.4. The van der Waals surface area contributed by atoms with Gasteiger partial charge < -0.3 is 13.7 Å². The first-order chi connectivity index (χ1) is 15.0. The molecule has 174 valence electrons. The van der Waals surface area contributed by atoms with Gasteiger partial charge in [-0.1, -0.05) is 41.5 Å². The minimum atomic E-state index is -2.01. The summed E-state index contributed by atoms with van der Waals surface area (Å²) in [6.45, 7) is 17.7. The van der Waals surface area contributed by atoms with Gasteiger partial charge in [-0.2, -0.15) is 0 Å². The second-order valence-electron chi connectivity index (χ2n) is 9.68. The summed E-state index contributed by atoms with van der Waals surface area (Å²) >= 11 is 3.70. The summed E-state index contributed by atoms with van der Waals surface area (Å²) < 4.78 is 27.6. The Labute approximate surface area is 205 Å². The van der Waals surface area contributed by atoms with Gasteiger partial charge >= 0.3 is 0 Å². The number of halogens is 1. The lowest BCUT2D eigenvalue weighted by atomic mass is 10.1. The summed E-state index contributed by atoms with van der Waals surface area (Å²) in [5, 5.41) is 0.959. The summed E-state index contributed by atoms with van der Waals surface area (Å²) in [4.78, 5) is 0.799. The van der Waals surface area contributed by atoms with Crippen LogP contribution in [0.4, 0.5) is 0 Å². The van der Waals surface area contributed by atoms with Crippen molar-refractivity contribution in [3.05, 3.63) is 46.9 Å². The Bertz CT molecular complexity index is 1050. The molecule has 0 fully saturated rings. The SMILES string of the molecule is CC(C)Oc1ccc2c(Br)c(-c3ccc(O[Si](C(C)C)(C(C)C)C(C)C)cc3)[s+]([O-])c2c1. The molecule has 2 aromatic carbocycles. The second kappa shape index (κ2) is 9.88. The summed E-state index contributed by atoms with van der Waals surface area (Å²) in [6, 6.07) is 13.9. The number of hydrogen-bond acceptors (Lipinski definition) is 3. The molecule has 0 radical (unpaired) electrons. The fourth-order valence-corrected chi connectivity index (χ4v) is 12.8. The van der Waals surface area contributed by atoms with E-state index in [0.29, 0.717) is 16.6 Å². The molecule has 0 amide bonds. The van der Waals surface area contributed by atoms with Gasteiger partial charge in [0.25, 0.3) is 8.32 Å². The monoisotopic (exact) mass is 534 g/mol. The molecule has 1 heterocycles. The van der Waals surface area contributed by atoms with Gasteiger partial charge in [0.15, 0.2) is 9.58 Å². The Balaban J connectivity index is 1.98. The van der Waals surface area contributed by atoms with Gasteiger partial charge in [-0.25, -0.2) is 0 Å². The van der Waals surface area contributed by atoms with Gasteiger partial charge in [-0.15, -0.1) is 0 Å². The first-order valence-corrected chi connectivity index (χ1v) is 15.5. The minimum Gasteiger partial charge on any atom is -0.590 e. The van der Waals surface area contributed by atoms with Crippen molar-refractivity contribution in [2.45, 2.75) is 78.1 Å². The Morgan fingerprint density at radius 2 is 1.34 bits per heavy atom. The predicted octanol–water partition coefficient (Wildman–Crippen LogP) is 9.34. The van der Waals surface area contributed by atoms with Crippen molar-refractivity contribution in [2.75, 3.05) is 0 Å². The zero-order chi connectivity index (χ0) is 23.8. The predicted molar refractivity (Wildman–Crippen MR) is 143 cm³/mol. The summed E-state index contributed by atoms with van der Waals surface area (Å²) in [7, 11) is -3.28. The largest absolute Gasteiger partial charge is 0.590 e. The van der Waals surface area contributed by atoms with Crippen LogP contribution < -0.4 is 9.16 Å². The van der Waals surface area contributed by atoms with E-state index in [1.54, 1.807) is 0 Å². The lowest BCUT2D eigenvalue weighted by Crippen LogP contribution is -2.50. The lowest BCUT2D eigenvalue weighted by molar-refractivity contribution is 0.243. The quantitative estimate of drug-likeness (QED) is 0.213. The van der Waals surface area contributed by atoms with E-state index in [0.717, 1.165) is 36.5 Å². The van der Waals surface area contributed by atoms with Gasteiger partial charge in [0.2, 0.25) is 0 Å². The van der Waals surface area contributed by atoms with Crippen LogP contribution >= 0.6 is 26.7 Å². The molecule has 0 N–H and O–H groups in total. The molecule has 0 saturated carbocycles. The fraction of sp³-hybridized carbons (Fsp3) is 0.462. The zero-order valence-electron chi connectivity index (χ0n) is 20.4. The molecule has 0 aliphatic heterocycles.